The van der Waals surface area contributed by atoms with Gasteiger partial charge in [0.1, 0.15) is 12.4 Å². The maximum Gasteiger partial charge on any atom is 0.325 e. The number of imidazole rings is 1. The average Bonchev–Trinajstić information content (AvgIpc) is 3.20. The Balaban J connectivity index is 1.47. The third-order valence-corrected chi connectivity index (χ3v) is 4.46. The highest BCUT2D eigenvalue weighted by Gasteiger charge is 2.32. The van der Waals surface area contributed by atoms with E-state index in [0.717, 1.165) is 27.7 Å². The number of urea groups is 1. The second-order valence-corrected chi connectivity index (χ2v) is 6.08. The van der Waals surface area contributed by atoms with Gasteiger partial charge in [0.15, 0.2) is 0 Å². The molecule has 1 aromatic heterocycles. The van der Waals surface area contributed by atoms with Crippen molar-refractivity contribution in [1.82, 2.24) is 25.1 Å². The number of benzene rings is 1. The normalized spacial score (nSPS) is 16.8. The lowest BCUT2D eigenvalue weighted by Crippen LogP contribution is -2.44. The predicted octanol–water partition coefficient (Wildman–Crippen LogP) is 0.513. The molecule has 0 spiro atoms. The summed E-state index contributed by atoms with van der Waals surface area (Å²) in [6.45, 7) is 0.656. The monoisotopic (exact) mass is 339 g/mol. The first-order valence-corrected chi connectivity index (χ1v) is 8.11. The van der Waals surface area contributed by atoms with E-state index in [2.05, 4.69) is 15.3 Å². The number of imide groups is 1. The summed E-state index contributed by atoms with van der Waals surface area (Å²) < 4.78 is 0. The molecule has 1 saturated heterocycles. The Kier molecular flexibility index (Phi) is 3.72. The number of nitrogens with zero attached hydrogens (tertiary/aromatic N) is 3. The van der Waals surface area contributed by atoms with Crippen LogP contribution in [0.5, 0.6) is 0 Å². The summed E-state index contributed by atoms with van der Waals surface area (Å²) >= 11 is 0. The molecule has 1 fully saturated rings. The van der Waals surface area contributed by atoms with E-state index in [1.54, 1.807) is 4.90 Å². The standard InChI is InChI=1S/C17H17N5O3/c23-14-8-18-17(25)22(14)10-15(24)21-7-6-12-13(9-21)20-16(19-12)11-4-2-1-3-5-11/h1-5H,6-10H2,(H,18,25)(H,19,20). The molecule has 0 aliphatic carbocycles. The minimum atomic E-state index is -0.510. The highest BCUT2D eigenvalue weighted by atomic mass is 16.2. The van der Waals surface area contributed by atoms with Crippen LogP contribution >= 0.6 is 0 Å². The molecule has 25 heavy (non-hydrogen) atoms. The van der Waals surface area contributed by atoms with E-state index in [9.17, 15) is 14.4 Å². The van der Waals surface area contributed by atoms with E-state index in [1.165, 1.54) is 0 Å². The average molecular weight is 339 g/mol. The van der Waals surface area contributed by atoms with Crippen molar-refractivity contribution in [2.75, 3.05) is 19.6 Å². The number of aromatic nitrogens is 2. The molecule has 0 unspecified atom stereocenters. The topological polar surface area (TPSA) is 98.4 Å². The maximum atomic E-state index is 12.4. The van der Waals surface area contributed by atoms with Gasteiger partial charge in [0.2, 0.25) is 5.91 Å². The number of H-pyrrole nitrogens is 1. The summed E-state index contributed by atoms with van der Waals surface area (Å²) in [6, 6.07) is 9.29. The molecule has 4 rings (SSSR count). The maximum absolute atomic E-state index is 12.4. The molecule has 4 amide bonds. The summed E-state index contributed by atoms with van der Waals surface area (Å²) in [4.78, 5) is 46.1. The third-order valence-electron chi connectivity index (χ3n) is 4.46. The number of rotatable bonds is 3. The molecule has 8 nitrogen and oxygen atoms in total. The van der Waals surface area contributed by atoms with Crippen LogP contribution in [0.15, 0.2) is 30.3 Å². The molecular formula is C17H17N5O3. The van der Waals surface area contributed by atoms with Gasteiger partial charge >= 0.3 is 6.03 Å². The van der Waals surface area contributed by atoms with Crippen LogP contribution in [0.4, 0.5) is 4.79 Å². The summed E-state index contributed by atoms with van der Waals surface area (Å²) in [7, 11) is 0. The van der Waals surface area contributed by atoms with Crippen LogP contribution in [-0.2, 0) is 22.6 Å². The second-order valence-electron chi connectivity index (χ2n) is 6.08. The van der Waals surface area contributed by atoms with Gasteiger partial charge in [-0.25, -0.2) is 9.78 Å². The smallest absolute Gasteiger partial charge is 0.325 e. The Bertz CT molecular complexity index is 829. The minimum Gasteiger partial charge on any atom is -0.340 e. The third kappa shape index (κ3) is 2.86. The van der Waals surface area contributed by atoms with Gasteiger partial charge in [-0.3, -0.25) is 14.5 Å². The fourth-order valence-corrected chi connectivity index (χ4v) is 3.09. The van der Waals surface area contributed by atoms with Crippen LogP contribution in [0.1, 0.15) is 11.4 Å². The zero-order valence-corrected chi connectivity index (χ0v) is 13.5. The van der Waals surface area contributed by atoms with Gasteiger partial charge in [0.25, 0.3) is 5.91 Å². The lowest BCUT2D eigenvalue weighted by atomic mass is 10.1. The first-order valence-electron chi connectivity index (χ1n) is 8.11. The van der Waals surface area contributed by atoms with Crippen molar-refractivity contribution >= 4 is 17.8 Å². The predicted molar refractivity (Wildman–Crippen MR) is 88.3 cm³/mol. The number of hydrogen-bond acceptors (Lipinski definition) is 4. The van der Waals surface area contributed by atoms with E-state index in [0.29, 0.717) is 19.5 Å². The number of aromatic amines is 1. The van der Waals surface area contributed by atoms with Crippen molar-refractivity contribution in [3.05, 3.63) is 41.7 Å². The van der Waals surface area contributed by atoms with Gasteiger partial charge in [-0.1, -0.05) is 30.3 Å². The Hall–Kier alpha value is -3.16. The number of fused-ring (bicyclic) bond motifs is 1. The number of hydrogen-bond donors (Lipinski definition) is 2. The van der Waals surface area contributed by atoms with Crippen LogP contribution in [0, 0.1) is 0 Å². The first-order chi connectivity index (χ1) is 12.1. The molecule has 8 heteroatoms. The van der Waals surface area contributed by atoms with Crippen LogP contribution in [-0.4, -0.2) is 57.2 Å². The van der Waals surface area contributed by atoms with Crippen LogP contribution in [0.25, 0.3) is 11.4 Å². The fourth-order valence-electron chi connectivity index (χ4n) is 3.09. The van der Waals surface area contributed by atoms with Gasteiger partial charge < -0.3 is 15.2 Å². The molecule has 0 atom stereocenters. The van der Waals surface area contributed by atoms with Gasteiger partial charge in [0.05, 0.1) is 24.5 Å². The van der Waals surface area contributed by atoms with Gasteiger partial charge in [-0.15, -0.1) is 0 Å². The molecule has 2 N–H and O–H groups in total. The molecule has 2 aliphatic heterocycles. The van der Waals surface area contributed by atoms with Gasteiger partial charge in [-0.2, -0.15) is 0 Å². The molecule has 0 saturated carbocycles. The van der Waals surface area contributed by atoms with Crippen LogP contribution in [0.2, 0.25) is 0 Å². The van der Waals surface area contributed by atoms with E-state index in [-0.39, 0.29) is 24.9 Å². The summed E-state index contributed by atoms with van der Waals surface area (Å²) in [6.07, 6.45) is 0.643. The Labute approximate surface area is 143 Å². The van der Waals surface area contributed by atoms with E-state index in [1.807, 2.05) is 30.3 Å². The van der Waals surface area contributed by atoms with Crippen molar-refractivity contribution in [1.29, 1.82) is 0 Å². The van der Waals surface area contributed by atoms with Crippen molar-refractivity contribution < 1.29 is 14.4 Å². The van der Waals surface area contributed by atoms with Gasteiger partial charge in [0, 0.05) is 18.5 Å². The Morgan fingerprint density at radius 1 is 1.20 bits per heavy atom. The molecule has 2 aromatic rings. The quantitative estimate of drug-likeness (QED) is 0.796. The summed E-state index contributed by atoms with van der Waals surface area (Å²) in [5, 5.41) is 2.42. The van der Waals surface area contributed by atoms with E-state index >= 15 is 0 Å². The van der Waals surface area contributed by atoms with Crippen molar-refractivity contribution in [3.8, 4) is 11.4 Å². The number of amides is 4. The lowest BCUT2D eigenvalue weighted by molar-refractivity contribution is -0.137. The molecule has 0 bridgehead atoms. The Morgan fingerprint density at radius 3 is 2.72 bits per heavy atom. The van der Waals surface area contributed by atoms with Gasteiger partial charge in [-0.05, 0) is 0 Å². The zero-order valence-electron chi connectivity index (χ0n) is 13.5. The zero-order chi connectivity index (χ0) is 17.4. The minimum absolute atomic E-state index is 0.0444. The largest absolute Gasteiger partial charge is 0.340 e. The lowest BCUT2D eigenvalue weighted by Gasteiger charge is -2.27. The summed E-state index contributed by atoms with van der Waals surface area (Å²) in [5.74, 6) is 0.171. The molecule has 128 valence electrons. The van der Waals surface area contributed by atoms with Crippen LogP contribution in [0.3, 0.4) is 0 Å². The van der Waals surface area contributed by atoms with Crippen LogP contribution < -0.4 is 5.32 Å². The summed E-state index contributed by atoms with van der Waals surface area (Å²) in [5.41, 5.74) is 2.85. The number of carbonyl (C=O) groups is 3. The number of carbonyl (C=O) groups excluding carboxylic acids is 3. The fraction of sp³-hybridized carbons (Fsp3) is 0.294. The van der Waals surface area contributed by atoms with E-state index in [4.69, 9.17) is 0 Å². The first kappa shape index (κ1) is 15.4. The molecule has 2 aliphatic rings. The number of nitrogens with one attached hydrogen (secondary N) is 2. The molecular weight excluding hydrogens is 322 g/mol. The highest BCUT2D eigenvalue weighted by molar-refractivity contribution is 6.04. The van der Waals surface area contributed by atoms with Crippen molar-refractivity contribution in [3.63, 3.8) is 0 Å². The highest BCUT2D eigenvalue weighted by Crippen LogP contribution is 2.22. The van der Waals surface area contributed by atoms with Crippen molar-refractivity contribution in [2.45, 2.75) is 13.0 Å². The molecule has 1 aromatic carbocycles. The molecule has 3 heterocycles. The second kappa shape index (κ2) is 6.04. The SMILES string of the molecule is O=C(CN1C(=O)CNC1=O)N1CCc2nc(-c3ccccc3)[nH]c2C1. The van der Waals surface area contributed by atoms with E-state index < -0.39 is 6.03 Å². The Morgan fingerprint density at radius 2 is 2.00 bits per heavy atom. The van der Waals surface area contributed by atoms with Crippen molar-refractivity contribution in [2.24, 2.45) is 0 Å². The molecule has 0 radical (unpaired) electrons.